The van der Waals surface area contributed by atoms with Crippen LogP contribution in [0, 0.1) is 0 Å². The van der Waals surface area contributed by atoms with Crippen LogP contribution in [0.25, 0.3) is 0 Å². The Morgan fingerprint density at radius 3 is 2.80 bits per heavy atom. The van der Waals surface area contributed by atoms with Gasteiger partial charge in [0.1, 0.15) is 10.6 Å². The second-order valence-electron chi connectivity index (χ2n) is 4.17. The van der Waals surface area contributed by atoms with Gasteiger partial charge in [-0.25, -0.2) is 13.1 Å². The van der Waals surface area contributed by atoms with Gasteiger partial charge in [-0.2, -0.15) is 5.10 Å². The lowest BCUT2D eigenvalue weighted by molar-refractivity contribution is 0.402. The minimum Gasteiger partial charge on any atom is -0.495 e. The Balaban J connectivity index is 2.31. The standard InChI is InChI=1S/C12H14ClN3O3S/c1-8(9-6-14-15-7-9)16-20(17,18)12-4-3-10(13)5-11(12)19-2/h3-8,16H,1-2H3,(H,14,15). The molecule has 108 valence electrons. The molecule has 1 unspecified atom stereocenters. The summed E-state index contributed by atoms with van der Waals surface area (Å²) in [5.41, 5.74) is 0.738. The van der Waals surface area contributed by atoms with Gasteiger partial charge in [0.05, 0.1) is 13.3 Å². The van der Waals surface area contributed by atoms with Crippen molar-refractivity contribution in [2.75, 3.05) is 7.11 Å². The number of rotatable bonds is 5. The van der Waals surface area contributed by atoms with E-state index in [9.17, 15) is 8.42 Å². The fourth-order valence-corrected chi connectivity index (χ4v) is 3.27. The van der Waals surface area contributed by atoms with Gasteiger partial charge in [0, 0.05) is 28.9 Å². The number of aromatic amines is 1. The first-order valence-electron chi connectivity index (χ1n) is 5.78. The Labute approximate surface area is 122 Å². The average Bonchev–Trinajstić information content (AvgIpc) is 2.91. The minimum atomic E-state index is -3.72. The van der Waals surface area contributed by atoms with Crippen molar-refractivity contribution < 1.29 is 13.2 Å². The van der Waals surface area contributed by atoms with Crippen LogP contribution in [0.1, 0.15) is 18.5 Å². The summed E-state index contributed by atoms with van der Waals surface area (Å²) in [6.07, 6.45) is 3.19. The molecule has 8 heteroatoms. The van der Waals surface area contributed by atoms with Gasteiger partial charge in [-0.3, -0.25) is 5.10 Å². The molecule has 0 saturated heterocycles. The van der Waals surface area contributed by atoms with Gasteiger partial charge in [-0.15, -0.1) is 0 Å². The van der Waals surface area contributed by atoms with Crippen LogP contribution in [0.5, 0.6) is 5.75 Å². The van der Waals surface area contributed by atoms with E-state index in [4.69, 9.17) is 16.3 Å². The number of H-pyrrole nitrogens is 1. The van der Waals surface area contributed by atoms with Crippen molar-refractivity contribution in [1.82, 2.24) is 14.9 Å². The molecule has 6 nitrogen and oxygen atoms in total. The second kappa shape index (κ2) is 5.82. The van der Waals surface area contributed by atoms with Gasteiger partial charge >= 0.3 is 0 Å². The highest BCUT2D eigenvalue weighted by molar-refractivity contribution is 7.89. The number of nitrogens with zero attached hydrogens (tertiary/aromatic N) is 1. The number of sulfonamides is 1. The summed E-state index contributed by atoms with van der Waals surface area (Å²) in [5.74, 6) is 0.199. The number of methoxy groups -OCH3 is 1. The van der Waals surface area contributed by atoms with Crippen LogP contribution in [0.3, 0.4) is 0 Å². The fraction of sp³-hybridized carbons (Fsp3) is 0.250. The smallest absolute Gasteiger partial charge is 0.244 e. The average molecular weight is 316 g/mol. The molecule has 1 atom stereocenters. The maximum Gasteiger partial charge on any atom is 0.244 e. The Hall–Kier alpha value is -1.57. The van der Waals surface area contributed by atoms with Gasteiger partial charge in [-0.1, -0.05) is 11.6 Å². The summed E-state index contributed by atoms with van der Waals surface area (Å²) in [6, 6.07) is 3.95. The summed E-state index contributed by atoms with van der Waals surface area (Å²) in [5, 5.41) is 6.83. The minimum absolute atomic E-state index is 0.0414. The topological polar surface area (TPSA) is 84.1 Å². The number of aromatic nitrogens is 2. The zero-order chi connectivity index (χ0) is 14.8. The molecule has 0 aliphatic rings. The molecule has 0 bridgehead atoms. The fourth-order valence-electron chi connectivity index (χ4n) is 1.73. The van der Waals surface area contributed by atoms with E-state index in [1.54, 1.807) is 19.3 Å². The van der Waals surface area contributed by atoms with Crippen molar-refractivity contribution in [3.05, 3.63) is 41.2 Å². The number of benzene rings is 1. The molecular weight excluding hydrogens is 302 g/mol. The Morgan fingerprint density at radius 1 is 1.45 bits per heavy atom. The molecule has 0 amide bonds. The van der Waals surface area contributed by atoms with Crippen LogP contribution in [0.15, 0.2) is 35.5 Å². The lowest BCUT2D eigenvalue weighted by Crippen LogP contribution is -2.27. The monoisotopic (exact) mass is 315 g/mol. The Kier molecular flexibility index (Phi) is 4.32. The molecular formula is C12H14ClN3O3S. The van der Waals surface area contributed by atoms with Gasteiger partial charge in [0.25, 0.3) is 0 Å². The predicted molar refractivity (Wildman–Crippen MR) is 75.3 cm³/mol. The lowest BCUT2D eigenvalue weighted by atomic mass is 10.2. The van der Waals surface area contributed by atoms with E-state index < -0.39 is 16.1 Å². The quantitative estimate of drug-likeness (QED) is 0.885. The molecule has 1 aromatic heterocycles. The van der Waals surface area contributed by atoms with Crippen LogP contribution < -0.4 is 9.46 Å². The first kappa shape index (κ1) is 14.8. The Bertz CT molecular complexity index is 686. The van der Waals surface area contributed by atoms with Crippen LogP contribution in [0.2, 0.25) is 5.02 Å². The van der Waals surface area contributed by atoms with Gasteiger partial charge in [-0.05, 0) is 19.1 Å². The highest BCUT2D eigenvalue weighted by atomic mass is 35.5. The van der Waals surface area contributed by atoms with Crippen molar-refractivity contribution in [3.8, 4) is 5.75 Å². The summed E-state index contributed by atoms with van der Waals surface area (Å²) < 4.78 is 32.3. The molecule has 0 fully saturated rings. The maximum atomic E-state index is 12.4. The summed E-state index contributed by atoms with van der Waals surface area (Å²) in [4.78, 5) is 0.0414. The highest BCUT2D eigenvalue weighted by Gasteiger charge is 2.22. The predicted octanol–water partition coefficient (Wildman–Crippen LogP) is 2.11. The maximum absolute atomic E-state index is 12.4. The SMILES string of the molecule is COc1cc(Cl)ccc1S(=O)(=O)NC(C)c1cn[nH]c1. The molecule has 2 aromatic rings. The molecule has 2 rings (SSSR count). The van der Waals surface area contributed by atoms with Gasteiger partial charge in [0.15, 0.2) is 0 Å². The molecule has 0 spiro atoms. The molecule has 0 radical (unpaired) electrons. The van der Waals surface area contributed by atoms with E-state index in [0.29, 0.717) is 5.02 Å². The van der Waals surface area contributed by atoms with Crippen molar-refractivity contribution >= 4 is 21.6 Å². The van der Waals surface area contributed by atoms with Crippen LogP contribution in [-0.4, -0.2) is 25.7 Å². The zero-order valence-corrected chi connectivity index (χ0v) is 12.5. The molecule has 1 heterocycles. The third-order valence-corrected chi connectivity index (χ3v) is 4.58. The van der Waals surface area contributed by atoms with Gasteiger partial charge < -0.3 is 4.74 Å². The number of ether oxygens (including phenoxy) is 1. The molecule has 20 heavy (non-hydrogen) atoms. The summed E-state index contributed by atoms with van der Waals surface area (Å²) in [7, 11) is -2.33. The van der Waals surface area contributed by atoms with E-state index in [1.807, 2.05) is 0 Å². The first-order chi connectivity index (χ1) is 9.44. The number of hydrogen-bond acceptors (Lipinski definition) is 4. The van der Waals surface area contributed by atoms with Crippen LogP contribution in [-0.2, 0) is 10.0 Å². The van der Waals surface area contributed by atoms with Gasteiger partial charge in [0.2, 0.25) is 10.0 Å². The molecule has 0 aliphatic heterocycles. The molecule has 0 aliphatic carbocycles. The third-order valence-electron chi connectivity index (χ3n) is 2.77. The first-order valence-corrected chi connectivity index (χ1v) is 7.64. The Morgan fingerprint density at radius 2 is 2.20 bits per heavy atom. The summed E-state index contributed by atoms with van der Waals surface area (Å²) >= 11 is 5.83. The van der Waals surface area contributed by atoms with E-state index in [0.717, 1.165) is 5.56 Å². The largest absolute Gasteiger partial charge is 0.495 e. The molecule has 0 saturated carbocycles. The number of nitrogens with one attached hydrogen (secondary N) is 2. The second-order valence-corrected chi connectivity index (χ2v) is 6.29. The highest BCUT2D eigenvalue weighted by Crippen LogP contribution is 2.28. The van der Waals surface area contributed by atoms with Crippen molar-refractivity contribution in [2.24, 2.45) is 0 Å². The van der Waals surface area contributed by atoms with Crippen molar-refractivity contribution in [3.63, 3.8) is 0 Å². The van der Waals surface area contributed by atoms with Crippen LogP contribution >= 0.6 is 11.6 Å². The van der Waals surface area contributed by atoms with Crippen molar-refractivity contribution in [1.29, 1.82) is 0 Å². The molecule has 2 N–H and O–H groups in total. The normalized spacial score (nSPS) is 13.2. The van der Waals surface area contributed by atoms with E-state index in [1.165, 1.54) is 25.3 Å². The number of hydrogen-bond donors (Lipinski definition) is 2. The van der Waals surface area contributed by atoms with E-state index in [-0.39, 0.29) is 10.6 Å². The summed E-state index contributed by atoms with van der Waals surface area (Å²) in [6.45, 7) is 1.73. The van der Waals surface area contributed by atoms with E-state index in [2.05, 4.69) is 14.9 Å². The van der Waals surface area contributed by atoms with E-state index >= 15 is 0 Å². The van der Waals surface area contributed by atoms with Crippen LogP contribution in [0.4, 0.5) is 0 Å². The number of halogens is 1. The third kappa shape index (κ3) is 3.12. The lowest BCUT2D eigenvalue weighted by Gasteiger charge is -2.14. The zero-order valence-electron chi connectivity index (χ0n) is 10.9. The molecule has 1 aromatic carbocycles. The van der Waals surface area contributed by atoms with Crippen molar-refractivity contribution in [2.45, 2.75) is 17.9 Å².